The summed E-state index contributed by atoms with van der Waals surface area (Å²) in [4.78, 5) is 21.6. The third-order valence-electron chi connectivity index (χ3n) is 5.74. The molecule has 0 N–H and O–H groups in total. The minimum absolute atomic E-state index is 0.0156. The lowest BCUT2D eigenvalue weighted by Crippen LogP contribution is -2.49. The van der Waals surface area contributed by atoms with Gasteiger partial charge in [0.05, 0.1) is 0 Å². The normalized spacial score (nSPS) is 16.0. The van der Waals surface area contributed by atoms with Crippen molar-refractivity contribution in [3.05, 3.63) is 71.2 Å². The maximum Gasteiger partial charge on any atom is 0.259 e. The minimum Gasteiger partial charge on any atom is -0.360 e. The zero-order valence-electron chi connectivity index (χ0n) is 17.1. The Morgan fingerprint density at radius 3 is 2.31 bits per heavy atom. The van der Waals surface area contributed by atoms with Gasteiger partial charge in [0.2, 0.25) is 0 Å². The van der Waals surface area contributed by atoms with Gasteiger partial charge in [-0.2, -0.15) is 0 Å². The quantitative estimate of drug-likeness (QED) is 0.677. The van der Waals surface area contributed by atoms with Crippen LogP contribution in [0.25, 0.3) is 11.3 Å². The van der Waals surface area contributed by atoms with Crippen LogP contribution in [-0.4, -0.2) is 52.0 Å². The third-order valence-corrected chi connectivity index (χ3v) is 5.74. The molecule has 2 aromatic heterocycles. The maximum atomic E-state index is 13.3. The number of piperazine rings is 1. The number of aromatic nitrogens is 2. The summed E-state index contributed by atoms with van der Waals surface area (Å²) in [6, 6.07) is 12.7. The van der Waals surface area contributed by atoms with Crippen LogP contribution in [0, 0.1) is 13.8 Å². The molecule has 150 valence electrons. The Bertz CT molecular complexity index is 974. The summed E-state index contributed by atoms with van der Waals surface area (Å²) < 4.78 is 5.36. The van der Waals surface area contributed by atoms with Crippen molar-refractivity contribution in [2.24, 2.45) is 0 Å². The summed E-state index contributed by atoms with van der Waals surface area (Å²) in [7, 11) is 0. The van der Waals surface area contributed by atoms with Crippen LogP contribution in [0.3, 0.4) is 0 Å². The minimum atomic E-state index is -0.0156. The third kappa shape index (κ3) is 3.93. The van der Waals surface area contributed by atoms with E-state index in [0.717, 1.165) is 18.7 Å². The van der Waals surface area contributed by atoms with Gasteiger partial charge < -0.3 is 9.42 Å². The van der Waals surface area contributed by atoms with Gasteiger partial charge in [0.1, 0.15) is 17.0 Å². The Morgan fingerprint density at radius 2 is 1.66 bits per heavy atom. The number of pyridine rings is 1. The molecule has 0 radical (unpaired) electrons. The van der Waals surface area contributed by atoms with Gasteiger partial charge >= 0.3 is 0 Å². The zero-order valence-corrected chi connectivity index (χ0v) is 17.1. The molecule has 3 aromatic rings. The molecule has 0 spiro atoms. The topological polar surface area (TPSA) is 62.5 Å². The first-order chi connectivity index (χ1) is 14.0. The van der Waals surface area contributed by atoms with Crippen molar-refractivity contribution in [1.82, 2.24) is 19.9 Å². The second-order valence-corrected chi connectivity index (χ2v) is 7.61. The molecule has 1 atom stereocenters. The van der Waals surface area contributed by atoms with E-state index in [2.05, 4.69) is 53.2 Å². The molecule has 1 fully saturated rings. The van der Waals surface area contributed by atoms with Crippen molar-refractivity contribution in [2.45, 2.75) is 26.8 Å². The molecule has 1 amide bonds. The molecule has 1 saturated heterocycles. The highest BCUT2D eigenvalue weighted by molar-refractivity contribution is 6.00. The number of carbonyl (C=O) groups is 1. The number of nitrogens with zero attached hydrogens (tertiary/aromatic N) is 4. The molecule has 0 unspecified atom stereocenters. The lowest BCUT2D eigenvalue weighted by atomic mass is 10.0. The van der Waals surface area contributed by atoms with Crippen LogP contribution < -0.4 is 0 Å². The van der Waals surface area contributed by atoms with Gasteiger partial charge in [-0.1, -0.05) is 35.0 Å². The predicted octanol–water partition coefficient (Wildman–Crippen LogP) is 3.87. The van der Waals surface area contributed by atoms with Crippen molar-refractivity contribution >= 4 is 5.91 Å². The lowest BCUT2D eigenvalue weighted by Gasteiger charge is -2.38. The molecular formula is C23H26N4O2. The van der Waals surface area contributed by atoms with E-state index in [0.29, 0.717) is 36.1 Å². The molecule has 3 heterocycles. The van der Waals surface area contributed by atoms with Crippen molar-refractivity contribution < 1.29 is 9.32 Å². The van der Waals surface area contributed by atoms with E-state index in [-0.39, 0.29) is 5.91 Å². The standard InChI is InChI=1S/C23H26N4O2/c1-16-4-6-19(7-5-16)17(2)26-12-14-27(15-13-26)23(28)21-18(3)29-25-22(21)20-8-10-24-11-9-20/h4-11,17H,12-15H2,1-3H3/t17-/m0/s1. The summed E-state index contributed by atoms with van der Waals surface area (Å²) in [5, 5.41) is 4.13. The first kappa shape index (κ1) is 19.3. The number of hydrogen-bond acceptors (Lipinski definition) is 5. The number of rotatable bonds is 4. The Labute approximate surface area is 171 Å². The summed E-state index contributed by atoms with van der Waals surface area (Å²) >= 11 is 0. The van der Waals surface area contributed by atoms with Crippen molar-refractivity contribution in [3.63, 3.8) is 0 Å². The Kier molecular flexibility index (Phi) is 5.45. The fourth-order valence-corrected chi connectivity index (χ4v) is 3.86. The van der Waals surface area contributed by atoms with Crippen LogP contribution in [0.15, 0.2) is 53.3 Å². The van der Waals surface area contributed by atoms with E-state index in [1.165, 1.54) is 11.1 Å². The van der Waals surface area contributed by atoms with E-state index < -0.39 is 0 Å². The first-order valence-electron chi connectivity index (χ1n) is 10.0. The number of carbonyl (C=O) groups excluding carboxylic acids is 1. The molecule has 6 nitrogen and oxygen atoms in total. The van der Waals surface area contributed by atoms with E-state index >= 15 is 0 Å². The molecule has 0 aliphatic carbocycles. The number of benzene rings is 1. The fourth-order valence-electron chi connectivity index (χ4n) is 3.86. The first-order valence-corrected chi connectivity index (χ1v) is 10.0. The fraction of sp³-hybridized carbons (Fsp3) is 0.348. The van der Waals surface area contributed by atoms with Gasteiger partial charge in [0.25, 0.3) is 5.91 Å². The van der Waals surface area contributed by atoms with Gasteiger partial charge in [-0.15, -0.1) is 0 Å². The molecule has 1 aliphatic heterocycles. The van der Waals surface area contributed by atoms with Gasteiger partial charge in [-0.25, -0.2) is 0 Å². The van der Waals surface area contributed by atoms with E-state index in [4.69, 9.17) is 4.52 Å². The molecule has 1 aromatic carbocycles. The summed E-state index contributed by atoms with van der Waals surface area (Å²) in [5.41, 5.74) is 4.56. The van der Waals surface area contributed by atoms with Crippen molar-refractivity contribution in [1.29, 1.82) is 0 Å². The SMILES string of the molecule is Cc1ccc([C@H](C)N2CCN(C(=O)c3c(-c4ccncc4)noc3C)CC2)cc1. The van der Waals surface area contributed by atoms with Gasteiger partial charge in [-0.05, 0) is 38.5 Å². The van der Waals surface area contributed by atoms with Crippen LogP contribution >= 0.6 is 0 Å². The van der Waals surface area contributed by atoms with Gasteiger partial charge in [0, 0.05) is 50.2 Å². The van der Waals surface area contributed by atoms with E-state index in [9.17, 15) is 4.79 Å². The zero-order chi connectivity index (χ0) is 20.4. The van der Waals surface area contributed by atoms with Crippen LogP contribution in [-0.2, 0) is 0 Å². The summed E-state index contributed by atoms with van der Waals surface area (Å²) in [5.74, 6) is 0.537. The lowest BCUT2D eigenvalue weighted by molar-refractivity contribution is 0.0581. The molecule has 29 heavy (non-hydrogen) atoms. The molecule has 1 aliphatic rings. The van der Waals surface area contributed by atoms with Crippen molar-refractivity contribution in [3.8, 4) is 11.3 Å². The molecule has 0 bridgehead atoms. The molecule has 6 heteroatoms. The smallest absolute Gasteiger partial charge is 0.259 e. The molecule has 4 rings (SSSR count). The second kappa shape index (κ2) is 8.17. The second-order valence-electron chi connectivity index (χ2n) is 7.61. The Balaban J connectivity index is 1.46. The Morgan fingerprint density at radius 1 is 1.00 bits per heavy atom. The highest BCUT2D eigenvalue weighted by atomic mass is 16.5. The summed E-state index contributed by atoms with van der Waals surface area (Å²) in [6.07, 6.45) is 3.39. The van der Waals surface area contributed by atoms with Crippen LogP contribution in [0.4, 0.5) is 0 Å². The molecule has 0 saturated carbocycles. The predicted molar refractivity (Wildman–Crippen MR) is 112 cm³/mol. The Hall–Kier alpha value is -2.99. The monoisotopic (exact) mass is 390 g/mol. The number of aryl methyl sites for hydroxylation is 2. The average molecular weight is 390 g/mol. The average Bonchev–Trinajstić information content (AvgIpc) is 3.15. The largest absolute Gasteiger partial charge is 0.360 e. The highest BCUT2D eigenvalue weighted by Crippen LogP contribution is 2.27. The van der Waals surface area contributed by atoms with E-state index in [1.807, 2.05) is 17.0 Å². The van der Waals surface area contributed by atoms with E-state index in [1.54, 1.807) is 19.3 Å². The summed E-state index contributed by atoms with van der Waals surface area (Å²) in [6.45, 7) is 9.19. The van der Waals surface area contributed by atoms with Crippen LogP contribution in [0.1, 0.15) is 40.2 Å². The van der Waals surface area contributed by atoms with Gasteiger partial charge in [0.15, 0.2) is 0 Å². The highest BCUT2D eigenvalue weighted by Gasteiger charge is 2.30. The van der Waals surface area contributed by atoms with Crippen LogP contribution in [0.2, 0.25) is 0 Å². The number of amides is 1. The molecular weight excluding hydrogens is 364 g/mol. The van der Waals surface area contributed by atoms with Crippen molar-refractivity contribution in [2.75, 3.05) is 26.2 Å². The number of hydrogen-bond donors (Lipinski definition) is 0. The van der Waals surface area contributed by atoms with Gasteiger partial charge in [-0.3, -0.25) is 14.7 Å². The van der Waals surface area contributed by atoms with Crippen LogP contribution in [0.5, 0.6) is 0 Å². The maximum absolute atomic E-state index is 13.3.